The summed E-state index contributed by atoms with van der Waals surface area (Å²) in [4.78, 5) is 29.7. The van der Waals surface area contributed by atoms with E-state index < -0.39 is 0 Å². The predicted octanol–water partition coefficient (Wildman–Crippen LogP) is 4.93. The fourth-order valence-electron chi connectivity index (χ4n) is 4.02. The van der Waals surface area contributed by atoms with Crippen LogP contribution in [0.2, 0.25) is 0 Å². The number of hydrogen-bond acceptors (Lipinski definition) is 3. The summed E-state index contributed by atoms with van der Waals surface area (Å²) in [5, 5.41) is 7.05. The molecule has 2 aromatic carbocycles. The second-order valence-electron chi connectivity index (χ2n) is 7.78. The van der Waals surface area contributed by atoms with Gasteiger partial charge < -0.3 is 10.6 Å². The number of rotatable bonds is 4. The molecule has 148 valence electrons. The molecule has 1 aliphatic rings. The van der Waals surface area contributed by atoms with Gasteiger partial charge in [-0.25, -0.2) is 0 Å². The maximum Gasteiger partial charge on any atom is 0.227 e. The van der Waals surface area contributed by atoms with Gasteiger partial charge in [0.15, 0.2) is 0 Å². The summed E-state index contributed by atoms with van der Waals surface area (Å²) >= 11 is 0. The Kier molecular flexibility index (Phi) is 5.56. The lowest BCUT2D eigenvalue weighted by Crippen LogP contribution is -2.32. The first-order valence-corrected chi connectivity index (χ1v) is 10.1. The molecule has 29 heavy (non-hydrogen) atoms. The molecule has 0 bridgehead atoms. The highest BCUT2D eigenvalue weighted by Gasteiger charge is 2.30. The monoisotopic (exact) mass is 387 g/mol. The van der Waals surface area contributed by atoms with E-state index in [9.17, 15) is 9.59 Å². The van der Waals surface area contributed by atoms with Crippen LogP contribution in [0.3, 0.4) is 0 Å². The number of nitrogens with zero attached hydrogens (tertiary/aromatic N) is 1. The molecule has 1 fully saturated rings. The fourth-order valence-corrected chi connectivity index (χ4v) is 4.02. The van der Waals surface area contributed by atoms with Crippen molar-refractivity contribution < 1.29 is 9.59 Å². The topological polar surface area (TPSA) is 71.1 Å². The van der Waals surface area contributed by atoms with Crippen molar-refractivity contribution >= 4 is 34.1 Å². The zero-order valence-electron chi connectivity index (χ0n) is 16.5. The van der Waals surface area contributed by atoms with E-state index >= 15 is 0 Å². The number of aromatic nitrogens is 1. The van der Waals surface area contributed by atoms with Crippen LogP contribution in [0, 0.1) is 18.8 Å². The lowest BCUT2D eigenvalue weighted by Gasteiger charge is -2.27. The van der Waals surface area contributed by atoms with E-state index in [1.807, 2.05) is 61.5 Å². The molecular formula is C24H25N3O2. The SMILES string of the molecule is Cc1cccc(NC(=O)C2CCC(C(=O)Nc3cccc4cccnc34)CC2)c1. The Morgan fingerprint density at radius 2 is 1.52 bits per heavy atom. The van der Waals surface area contributed by atoms with Crippen LogP contribution < -0.4 is 10.6 Å². The minimum Gasteiger partial charge on any atom is -0.326 e. The molecule has 1 aromatic heterocycles. The van der Waals surface area contributed by atoms with E-state index in [2.05, 4.69) is 15.6 Å². The zero-order valence-corrected chi connectivity index (χ0v) is 16.5. The van der Waals surface area contributed by atoms with Gasteiger partial charge in [-0.1, -0.05) is 30.3 Å². The molecule has 1 aliphatic carbocycles. The number of aryl methyl sites for hydroxylation is 1. The second-order valence-corrected chi connectivity index (χ2v) is 7.78. The van der Waals surface area contributed by atoms with Crippen molar-refractivity contribution in [3.63, 3.8) is 0 Å². The van der Waals surface area contributed by atoms with Crippen LogP contribution in [0.4, 0.5) is 11.4 Å². The maximum absolute atomic E-state index is 12.8. The van der Waals surface area contributed by atoms with Gasteiger partial charge in [0.05, 0.1) is 11.2 Å². The Labute approximate surface area is 170 Å². The molecule has 0 saturated heterocycles. The van der Waals surface area contributed by atoms with Crippen molar-refractivity contribution in [1.82, 2.24) is 4.98 Å². The minimum absolute atomic E-state index is 0.0145. The molecule has 0 radical (unpaired) electrons. The fraction of sp³-hybridized carbons (Fsp3) is 0.292. The summed E-state index contributed by atoms with van der Waals surface area (Å²) in [6.45, 7) is 2.00. The van der Waals surface area contributed by atoms with Crippen LogP contribution in [0.1, 0.15) is 31.2 Å². The number of pyridine rings is 1. The lowest BCUT2D eigenvalue weighted by atomic mass is 9.81. The molecule has 0 atom stereocenters. The highest BCUT2D eigenvalue weighted by atomic mass is 16.2. The van der Waals surface area contributed by atoms with Crippen molar-refractivity contribution in [2.24, 2.45) is 11.8 Å². The summed E-state index contributed by atoms with van der Waals surface area (Å²) in [6.07, 6.45) is 4.62. The lowest BCUT2D eigenvalue weighted by molar-refractivity contribution is -0.125. The molecule has 3 aromatic rings. The largest absolute Gasteiger partial charge is 0.326 e. The van der Waals surface area contributed by atoms with Crippen LogP contribution >= 0.6 is 0 Å². The molecule has 5 heteroatoms. The van der Waals surface area contributed by atoms with Crippen molar-refractivity contribution in [3.05, 3.63) is 66.4 Å². The summed E-state index contributed by atoms with van der Waals surface area (Å²) in [6, 6.07) is 17.5. The first-order valence-electron chi connectivity index (χ1n) is 10.1. The van der Waals surface area contributed by atoms with E-state index in [-0.39, 0.29) is 23.7 Å². The van der Waals surface area contributed by atoms with Crippen LogP contribution in [-0.4, -0.2) is 16.8 Å². The van der Waals surface area contributed by atoms with Gasteiger partial charge in [-0.05, 0) is 62.4 Å². The molecule has 2 N–H and O–H groups in total. The average molecular weight is 387 g/mol. The third-order valence-electron chi connectivity index (χ3n) is 5.64. The summed E-state index contributed by atoms with van der Waals surface area (Å²) < 4.78 is 0. The number of carbonyl (C=O) groups excluding carboxylic acids is 2. The van der Waals surface area contributed by atoms with E-state index in [1.165, 1.54) is 0 Å². The average Bonchev–Trinajstić information content (AvgIpc) is 2.74. The third kappa shape index (κ3) is 4.45. The molecule has 1 saturated carbocycles. The summed E-state index contributed by atoms with van der Waals surface area (Å²) in [7, 11) is 0. The van der Waals surface area contributed by atoms with Crippen LogP contribution in [-0.2, 0) is 9.59 Å². The Hall–Kier alpha value is -3.21. The first-order chi connectivity index (χ1) is 14.1. The van der Waals surface area contributed by atoms with Crippen LogP contribution in [0.25, 0.3) is 10.9 Å². The van der Waals surface area contributed by atoms with E-state index in [4.69, 9.17) is 0 Å². The molecule has 0 unspecified atom stereocenters. The van der Waals surface area contributed by atoms with Crippen molar-refractivity contribution in [1.29, 1.82) is 0 Å². The minimum atomic E-state index is -0.0722. The molecule has 5 nitrogen and oxygen atoms in total. The van der Waals surface area contributed by atoms with E-state index in [0.717, 1.165) is 53.5 Å². The second kappa shape index (κ2) is 8.43. The van der Waals surface area contributed by atoms with Crippen molar-refractivity contribution in [2.75, 3.05) is 10.6 Å². The molecule has 2 amide bonds. The van der Waals surface area contributed by atoms with Gasteiger partial charge in [-0.15, -0.1) is 0 Å². The number of para-hydroxylation sites is 1. The quantitative estimate of drug-likeness (QED) is 0.667. The normalized spacial score (nSPS) is 18.9. The number of fused-ring (bicyclic) bond motifs is 1. The summed E-state index contributed by atoms with van der Waals surface area (Å²) in [5.74, 6) is -0.0517. The Morgan fingerprint density at radius 1 is 0.862 bits per heavy atom. The van der Waals surface area contributed by atoms with Crippen molar-refractivity contribution in [2.45, 2.75) is 32.6 Å². The number of anilines is 2. The molecule has 0 spiro atoms. The van der Waals surface area contributed by atoms with Gasteiger partial charge in [0.25, 0.3) is 0 Å². The van der Waals surface area contributed by atoms with Crippen LogP contribution in [0.5, 0.6) is 0 Å². The molecular weight excluding hydrogens is 362 g/mol. The number of benzene rings is 2. The highest BCUT2D eigenvalue weighted by molar-refractivity contribution is 6.01. The molecule has 4 rings (SSSR count). The standard InChI is InChI=1S/C24H25N3O2/c1-16-5-2-8-20(15-16)26-23(28)18-10-12-19(13-11-18)24(29)27-21-9-3-6-17-7-4-14-25-22(17)21/h2-9,14-15,18-19H,10-13H2,1H3,(H,26,28)(H,27,29). The number of nitrogens with one attached hydrogen (secondary N) is 2. The number of carbonyl (C=O) groups is 2. The van der Waals surface area contributed by atoms with Gasteiger partial charge in [0.2, 0.25) is 11.8 Å². The smallest absolute Gasteiger partial charge is 0.227 e. The Morgan fingerprint density at radius 3 is 2.24 bits per heavy atom. The highest BCUT2D eigenvalue weighted by Crippen LogP contribution is 2.31. The van der Waals surface area contributed by atoms with Crippen LogP contribution in [0.15, 0.2) is 60.8 Å². The maximum atomic E-state index is 12.8. The van der Waals surface area contributed by atoms with E-state index in [1.54, 1.807) is 6.20 Å². The zero-order chi connectivity index (χ0) is 20.2. The van der Waals surface area contributed by atoms with Gasteiger partial charge >= 0.3 is 0 Å². The number of amides is 2. The number of hydrogen-bond donors (Lipinski definition) is 2. The van der Waals surface area contributed by atoms with Gasteiger partial charge in [-0.2, -0.15) is 0 Å². The molecule has 1 heterocycles. The van der Waals surface area contributed by atoms with E-state index in [0.29, 0.717) is 0 Å². The third-order valence-corrected chi connectivity index (χ3v) is 5.64. The van der Waals surface area contributed by atoms with Crippen molar-refractivity contribution in [3.8, 4) is 0 Å². The van der Waals surface area contributed by atoms with Gasteiger partial charge in [0, 0.05) is 29.1 Å². The van der Waals surface area contributed by atoms with Gasteiger partial charge in [-0.3, -0.25) is 14.6 Å². The Bertz CT molecular complexity index is 1030. The first kappa shape index (κ1) is 19.1. The van der Waals surface area contributed by atoms with Gasteiger partial charge in [0.1, 0.15) is 0 Å². The predicted molar refractivity (Wildman–Crippen MR) is 116 cm³/mol. The Balaban J connectivity index is 1.34. The molecule has 0 aliphatic heterocycles. The summed E-state index contributed by atoms with van der Waals surface area (Å²) in [5.41, 5.74) is 3.49.